The van der Waals surface area contributed by atoms with Crippen LogP contribution < -0.4 is 0 Å². The van der Waals surface area contributed by atoms with Crippen LogP contribution in [0.1, 0.15) is 54.8 Å². The number of rotatable bonds is 4. The molecule has 7 rings (SSSR count). The van der Waals surface area contributed by atoms with E-state index in [0.29, 0.717) is 11.1 Å². The first-order valence-electron chi connectivity index (χ1n) is 11.1. The Bertz CT molecular complexity index is 1170. The van der Waals surface area contributed by atoms with Crippen LogP contribution in [0.5, 0.6) is 0 Å². The van der Waals surface area contributed by atoms with Crippen LogP contribution in [0.2, 0.25) is 0 Å². The molecule has 0 aliphatic heterocycles. The molecule has 2 nitrogen and oxygen atoms in total. The molecule has 0 fully saturated rings. The van der Waals surface area contributed by atoms with Crippen molar-refractivity contribution in [3.05, 3.63) is 143 Å². The first-order chi connectivity index (χ1) is 15.8. The molecule has 0 amide bonds. The second-order valence-corrected chi connectivity index (χ2v) is 8.73. The second kappa shape index (κ2) is 7.42. The molecule has 2 atom stereocenters. The van der Waals surface area contributed by atoms with Gasteiger partial charge in [-0.1, -0.05) is 109 Å². The van der Waals surface area contributed by atoms with E-state index in [1.54, 1.807) is 0 Å². The fourth-order valence-corrected chi connectivity index (χ4v) is 5.90. The van der Waals surface area contributed by atoms with Gasteiger partial charge in [0.2, 0.25) is 0 Å². The van der Waals surface area contributed by atoms with Gasteiger partial charge in [0.1, 0.15) is 0 Å². The molecule has 154 valence electrons. The minimum Gasteiger partial charge on any atom is -0.294 e. The largest absolute Gasteiger partial charge is 0.294 e. The molecule has 0 saturated carbocycles. The van der Waals surface area contributed by atoms with Crippen LogP contribution in [0.25, 0.3) is 0 Å². The predicted molar refractivity (Wildman–Crippen MR) is 125 cm³/mol. The van der Waals surface area contributed by atoms with Crippen molar-refractivity contribution in [2.24, 2.45) is 11.8 Å². The summed E-state index contributed by atoms with van der Waals surface area (Å²) in [6, 6.07) is 35.6. The Balaban J connectivity index is 1.61. The molecule has 0 heterocycles. The van der Waals surface area contributed by atoms with E-state index in [4.69, 9.17) is 0 Å². The maximum Gasteiger partial charge on any atom is 0.167 e. The van der Waals surface area contributed by atoms with Gasteiger partial charge in [0.15, 0.2) is 11.6 Å². The molecule has 3 aliphatic rings. The van der Waals surface area contributed by atoms with Gasteiger partial charge in [-0.25, -0.2) is 0 Å². The van der Waals surface area contributed by atoms with E-state index in [-0.39, 0.29) is 23.4 Å². The normalized spacial score (nSPS) is 22.6. The maximum atomic E-state index is 14.0. The van der Waals surface area contributed by atoms with E-state index in [1.165, 1.54) is 22.3 Å². The lowest BCUT2D eigenvalue weighted by molar-refractivity contribution is 0.0697. The highest BCUT2D eigenvalue weighted by molar-refractivity contribution is 6.07. The van der Waals surface area contributed by atoms with Crippen molar-refractivity contribution in [2.75, 3.05) is 0 Å². The zero-order valence-corrected chi connectivity index (χ0v) is 17.5. The van der Waals surface area contributed by atoms with Gasteiger partial charge in [0.25, 0.3) is 0 Å². The smallest absolute Gasteiger partial charge is 0.167 e. The molecule has 4 aromatic carbocycles. The van der Waals surface area contributed by atoms with Gasteiger partial charge in [0.05, 0.1) is 0 Å². The number of hydrogen-bond donors (Lipinski definition) is 0. The first-order valence-corrected chi connectivity index (χ1v) is 11.1. The number of carbonyl (C=O) groups is 2. The van der Waals surface area contributed by atoms with Gasteiger partial charge in [-0.3, -0.25) is 9.59 Å². The van der Waals surface area contributed by atoms with Crippen LogP contribution in [-0.2, 0) is 0 Å². The Hall–Kier alpha value is -3.78. The minimum absolute atomic E-state index is 0.0545. The number of benzene rings is 4. The lowest BCUT2D eigenvalue weighted by Gasteiger charge is -2.49. The Labute approximate surface area is 187 Å². The Morgan fingerprint density at radius 1 is 0.406 bits per heavy atom. The lowest BCUT2D eigenvalue weighted by Crippen LogP contribution is -2.47. The Morgan fingerprint density at radius 3 is 1.00 bits per heavy atom. The summed E-state index contributed by atoms with van der Waals surface area (Å²) in [5.74, 6) is -1.01. The highest BCUT2D eigenvalue weighted by atomic mass is 16.1. The average molecular weight is 415 g/mol. The summed E-state index contributed by atoms with van der Waals surface area (Å²) in [4.78, 5) is 28.0. The Morgan fingerprint density at radius 2 is 0.688 bits per heavy atom. The minimum atomic E-state index is -0.431. The van der Waals surface area contributed by atoms with E-state index < -0.39 is 11.8 Å². The summed E-state index contributed by atoms with van der Waals surface area (Å²) in [6.45, 7) is 0. The first kappa shape index (κ1) is 18.9. The van der Waals surface area contributed by atoms with Crippen LogP contribution in [0.15, 0.2) is 109 Å². The van der Waals surface area contributed by atoms with Gasteiger partial charge < -0.3 is 0 Å². The third-order valence-electron chi connectivity index (χ3n) is 7.16. The summed E-state index contributed by atoms with van der Waals surface area (Å²) >= 11 is 0. The number of ketones is 2. The number of fused-ring (bicyclic) bond motifs is 1. The summed E-state index contributed by atoms with van der Waals surface area (Å²) in [5.41, 5.74) is 6.08. The number of carbonyl (C=O) groups excluding carboxylic acids is 2. The van der Waals surface area contributed by atoms with Gasteiger partial charge in [0, 0.05) is 34.8 Å². The molecule has 3 aliphatic carbocycles. The summed E-state index contributed by atoms with van der Waals surface area (Å²) in [7, 11) is 0. The molecular weight excluding hydrogens is 392 g/mol. The number of hydrogen-bond acceptors (Lipinski definition) is 2. The fourth-order valence-electron chi connectivity index (χ4n) is 5.90. The van der Waals surface area contributed by atoms with E-state index in [0.717, 1.165) is 0 Å². The van der Waals surface area contributed by atoms with Crippen molar-refractivity contribution >= 4 is 11.6 Å². The maximum absolute atomic E-state index is 14.0. The molecule has 0 N–H and O–H groups in total. The molecule has 2 bridgehead atoms. The third kappa shape index (κ3) is 2.73. The fraction of sp³-hybridized carbons (Fsp3) is 0.133. The van der Waals surface area contributed by atoms with Crippen LogP contribution in [0, 0.1) is 11.8 Å². The summed E-state index contributed by atoms with van der Waals surface area (Å²) < 4.78 is 0. The standard InChI is InChI=1S/C30H22O2/c31-29(19-11-3-1-4-12-19)27-25-21-15-7-9-17-23(21)26(24-18-10-8-16-22(24)25)28(27)30(32)20-13-5-2-6-14-20/h1-18,25-28H/t25?,26?,27-,28-/m0/s1. The van der Waals surface area contributed by atoms with Crippen molar-refractivity contribution in [2.45, 2.75) is 11.8 Å². The molecule has 2 heteroatoms. The molecule has 0 unspecified atom stereocenters. The van der Waals surface area contributed by atoms with Crippen molar-refractivity contribution in [3.63, 3.8) is 0 Å². The zero-order valence-electron chi connectivity index (χ0n) is 17.5. The predicted octanol–water partition coefficient (Wildman–Crippen LogP) is 6.28. The summed E-state index contributed by atoms with van der Waals surface area (Å²) in [6.07, 6.45) is 0. The summed E-state index contributed by atoms with van der Waals surface area (Å²) in [5, 5.41) is 0. The van der Waals surface area contributed by atoms with Crippen LogP contribution in [-0.4, -0.2) is 11.6 Å². The SMILES string of the molecule is O=C(c1ccccc1)[C@H]1C2c3ccccc3C(c3ccccc32)[C@@H]1C(=O)c1ccccc1. The van der Waals surface area contributed by atoms with Gasteiger partial charge >= 0.3 is 0 Å². The molecule has 0 radical (unpaired) electrons. The molecule has 0 spiro atoms. The topological polar surface area (TPSA) is 34.1 Å². The van der Waals surface area contributed by atoms with E-state index in [1.807, 2.05) is 84.9 Å². The Kier molecular flexibility index (Phi) is 4.39. The molecular formula is C30H22O2. The molecule has 4 aromatic rings. The van der Waals surface area contributed by atoms with Crippen LogP contribution >= 0.6 is 0 Å². The quantitative estimate of drug-likeness (QED) is 0.369. The second-order valence-electron chi connectivity index (χ2n) is 8.73. The van der Waals surface area contributed by atoms with Gasteiger partial charge in [-0.2, -0.15) is 0 Å². The van der Waals surface area contributed by atoms with Crippen molar-refractivity contribution in [1.82, 2.24) is 0 Å². The van der Waals surface area contributed by atoms with Gasteiger partial charge in [-0.15, -0.1) is 0 Å². The highest BCUT2D eigenvalue weighted by Gasteiger charge is 2.54. The van der Waals surface area contributed by atoms with Crippen molar-refractivity contribution in [1.29, 1.82) is 0 Å². The van der Waals surface area contributed by atoms with Crippen molar-refractivity contribution in [3.8, 4) is 0 Å². The lowest BCUT2D eigenvalue weighted by atomic mass is 9.51. The van der Waals surface area contributed by atoms with Crippen LogP contribution in [0.3, 0.4) is 0 Å². The number of Topliss-reactive ketones (excluding diaryl/α,β-unsaturated/α-hetero) is 2. The van der Waals surface area contributed by atoms with Gasteiger partial charge in [-0.05, 0) is 22.3 Å². The zero-order chi connectivity index (χ0) is 21.7. The third-order valence-corrected chi connectivity index (χ3v) is 7.16. The molecule has 32 heavy (non-hydrogen) atoms. The van der Waals surface area contributed by atoms with Crippen LogP contribution in [0.4, 0.5) is 0 Å². The molecule has 0 aromatic heterocycles. The molecule has 0 saturated heterocycles. The average Bonchev–Trinajstić information content (AvgIpc) is 2.88. The highest BCUT2D eigenvalue weighted by Crippen LogP contribution is 2.59. The monoisotopic (exact) mass is 414 g/mol. The van der Waals surface area contributed by atoms with E-state index >= 15 is 0 Å². The van der Waals surface area contributed by atoms with Crippen molar-refractivity contribution < 1.29 is 9.59 Å². The van der Waals surface area contributed by atoms with E-state index in [2.05, 4.69) is 24.3 Å². The van der Waals surface area contributed by atoms with E-state index in [9.17, 15) is 9.59 Å².